The highest BCUT2D eigenvalue weighted by atomic mass is 16.6. The number of hydrogen-bond acceptors (Lipinski definition) is 6. The molecule has 98 valence electrons. The van der Waals surface area contributed by atoms with Gasteiger partial charge in [-0.3, -0.25) is 10.1 Å². The predicted octanol–water partition coefficient (Wildman–Crippen LogP) is 1.88. The Morgan fingerprint density at radius 2 is 2.28 bits per heavy atom. The standard InChI is InChI=1S/C11H17N5O2/c1-2-11(5-6-11)7-13-10-8(16(17)18)3-4-9(14-10)15-12/h3-4H,2,5-7,12H2,1H3,(H2,13,14,15). The average Bonchev–Trinajstić information content (AvgIpc) is 3.16. The molecule has 1 fully saturated rings. The van der Waals surface area contributed by atoms with Crippen molar-refractivity contribution in [3.8, 4) is 0 Å². The summed E-state index contributed by atoms with van der Waals surface area (Å²) >= 11 is 0. The Bertz CT molecular complexity index is 459. The molecule has 1 heterocycles. The zero-order valence-corrected chi connectivity index (χ0v) is 10.3. The highest BCUT2D eigenvalue weighted by Crippen LogP contribution is 2.48. The van der Waals surface area contributed by atoms with Gasteiger partial charge in [0.05, 0.1) is 4.92 Å². The fourth-order valence-corrected chi connectivity index (χ4v) is 1.91. The number of hydrogen-bond donors (Lipinski definition) is 3. The first kappa shape index (κ1) is 12.6. The SMILES string of the molecule is CCC1(CNc2nc(NN)ccc2[N+](=O)[O-])CC1. The molecule has 7 nitrogen and oxygen atoms in total. The molecular formula is C11H17N5O2. The fraction of sp³-hybridized carbons (Fsp3) is 0.545. The number of hydrazine groups is 1. The third kappa shape index (κ3) is 2.51. The number of rotatable bonds is 6. The van der Waals surface area contributed by atoms with E-state index in [1.54, 1.807) is 0 Å². The van der Waals surface area contributed by atoms with Crippen LogP contribution in [0.4, 0.5) is 17.3 Å². The summed E-state index contributed by atoms with van der Waals surface area (Å²) in [4.78, 5) is 14.6. The van der Waals surface area contributed by atoms with Crippen LogP contribution in [-0.2, 0) is 0 Å². The van der Waals surface area contributed by atoms with Crippen LogP contribution in [0, 0.1) is 15.5 Å². The molecule has 1 aromatic rings. The van der Waals surface area contributed by atoms with Gasteiger partial charge in [0, 0.05) is 12.6 Å². The van der Waals surface area contributed by atoms with Crippen LogP contribution in [0.25, 0.3) is 0 Å². The van der Waals surface area contributed by atoms with Gasteiger partial charge in [0.25, 0.3) is 0 Å². The number of pyridine rings is 1. The van der Waals surface area contributed by atoms with Crippen molar-refractivity contribution in [2.24, 2.45) is 11.3 Å². The predicted molar refractivity (Wildman–Crippen MR) is 69.1 cm³/mol. The van der Waals surface area contributed by atoms with E-state index in [1.165, 1.54) is 25.0 Å². The quantitative estimate of drug-likeness (QED) is 0.405. The number of nitrogen functional groups attached to an aromatic ring is 1. The molecule has 2 rings (SSSR count). The van der Waals surface area contributed by atoms with Gasteiger partial charge in [0.2, 0.25) is 5.82 Å². The van der Waals surface area contributed by atoms with E-state index in [4.69, 9.17) is 5.84 Å². The Labute approximate surface area is 105 Å². The zero-order chi connectivity index (χ0) is 13.2. The maximum atomic E-state index is 10.9. The van der Waals surface area contributed by atoms with Gasteiger partial charge in [-0.25, -0.2) is 10.8 Å². The monoisotopic (exact) mass is 251 g/mol. The molecule has 0 bridgehead atoms. The lowest BCUT2D eigenvalue weighted by molar-refractivity contribution is -0.384. The number of nitrogens with two attached hydrogens (primary N) is 1. The van der Waals surface area contributed by atoms with Gasteiger partial charge in [-0.05, 0) is 30.7 Å². The molecular weight excluding hydrogens is 234 g/mol. The van der Waals surface area contributed by atoms with Crippen LogP contribution in [0.15, 0.2) is 12.1 Å². The Morgan fingerprint density at radius 1 is 1.56 bits per heavy atom. The summed E-state index contributed by atoms with van der Waals surface area (Å²) < 4.78 is 0. The number of nitrogens with one attached hydrogen (secondary N) is 2. The van der Waals surface area contributed by atoms with E-state index in [1.807, 2.05) is 0 Å². The van der Waals surface area contributed by atoms with Crippen molar-refractivity contribution in [3.63, 3.8) is 0 Å². The first-order chi connectivity index (χ1) is 8.60. The number of nitro groups is 1. The lowest BCUT2D eigenvalue weighted by atomic mass is 10.0. The van der Waals surface area contributed by atoms with E-state index in [9.17, 15) is 10.1 Å². The summed E-state index contributed by atoms with van der Waals surface area (Å²) in [6.45, 7) is 2.85. The second kappa shape index (κ2) is 4.77. The minimum atomic E-state index is -0.443. The third-order valence-electron chi connectivity index (χ3n) is 3.56. The molecule has 0 aliphatic heterocycles. The highest BCUT2D eigenvalue weighted by Gasteiger charge is 2.40. The molecule has 1 saturated carbocycles. The molecule has 1 aliphatic carbocycles. The van der Waals surface area contributed by atoms with E-state index >= 15 is 0 Å². The van der Waals surface area contributed by atoms with Gasteiger partial charge in [0.1, 0.15) is 5.82 Å². The van der Waals surface area contributed by atoms with Gasteiger partial charge < -0.3 is 10.7 Å². The summed E-state index contributed by atoms with van der Waals surface area (Å²) in [5, 5.41) is 14.0. The molecule has 0 amide bonds. The third-order valence-corrected chi connectivity index (χ3v) is 3.56. The number of aromatic nitrogens is 1. The Hall–Kier alpha value is -1.89. The van der Waals surface area contributed by atoms with Gasteiger partial charge in [-0.1, -0.05) is 6.92 Å². The first-order valence-electron chi connectivity index (χ1n) is 5.96. The minimum Gasteiger partial charge on any atom is -0.364 e. The highest BCUT2D eigenvalue weighted by molar-refractivity contribution is 5.60. The van der Waals surface area contributed by atoms with Crippen molar-refractivity contribution in [2.75, 3.05) is 17.3 Å². The number of anilines is 2. The topological polar surface area (TPSA) is 106 Å². The molecule has 1 aromatic heterocycles. The van der Waals surface area contributed by atoms with Crippen molar-refractivity contribution in [3.05, 3.63) is 22.2 Å². The van der Waals surface area contributed by atoms with Crippen LogP contribution < -0.4 is 16.6 Å². The first-order valence-corrected chi connectivity index (χ1v) is 5.96. The Morgan fingerprint density at radius 3 is 2.78 bits per heavy atom. The van der Waals surface area contributed by atoms with E-state index in [0.717, 1.165) is 6.42 Å². The average molecular weight is 251 g/mol. The molecule has 0 unspecified atom stereocenters. The number of nitrogens with zero attached hydrogens (tertiary/aromatic N) is 2. The van der Waals surface area contributed by atoms with Crippen LogP contribution in [0.3, 0.4) is 0 Å². The van der Waals surface area contributed by atoms with Crippen LogP contribution in [0.1, 0.15) is 26.2 Å². The van der Waals surface area contributed by atoms with Gasteiger partial charge in [0.15, 0.2) is 0 Å². The summed E-state index contributed by atoms with van der Waals surface area (Å²) in [6.07, 6.45) is 3.40. The molecule has 1 aliphatic rings. The van der Waals surface area contributed by atoms with Crippen molar-refractivity contribution < 1.29 is 4.92 Å². The largest absolute Gasteiger partial charge is 0.364 e. The normalized spacial score (nSPS) is 16.1. The summed E-state index contributed by atoms with van der Waals surface area (Å²) in [7, 11) is 0. The van der Waals surface area contributed by atoms with E-state index < -0.39 is 4.92 Å². The molecule has 0 aromatic carbocycles. The van der Waals surface area contributed by atoms with Gasteiger partial charge in [-0.15, -0.1) is 0 Å². The summed E-state index contributed by atoms with van der Waals surface area (Å²) in [5.41, 5.74) is 2.65. The fourth-order valence-electron chi connectivity index (χ4n) is 1.91. The van der Waals surface area contributed by atoms with Crippen LogP contribution in [0.5, 0.6) is 0 Å². The molecule has 18 heavy (non-hydrogen) atoms. The molecule has 0 saturated heterocycles. The molecule has 0 radical (unpaired) electrons. The molecule has 7 heteroatoms. The molecule has 0 atom stereocenters. The van der Waals surface area contributed by atoms with E-state index in [2.05, 4.69) is 22.7 Å². The van der Waals surface area contributed by atoms with Crippen molar-refractivity contribution >= 4 is 17.3 Å². The molecule has 0 spiro atoms. The second-order valence-corrected chi connectivity index (χ2v) is 4.67. The maximum Gasteiger partial charge on any atom is 0.311 e. The lowest BCUT2D eigenvalue weighted by Crippen LogP contribution is -2.17. The smallest absolute Gasteiger partial charge is 0.311 e. The van der Waals surface area contributed by atoms with Crippen molar-refractivity contribution in [2.45, 2.75) is 26.2 Å². The van der Waals surface area contributed by atoms with Crippen molar-refractivity contribution in [1.29, 1.82) is 0 Å². The summed E-state index contributed by atoms with van der Waals surface area (Å²) in [6, 6.07) is 2.88. The lowest BCUT2D eigenvalue weighted by Gasteiger charge is -2.14. The van der Waals surface area contributed by atoms with Crippen LogP contribution in [0.2, 0.25) is 0 Å². The molecule has 4 N–H and O–H groups in total. The van der Waals surface area contributed by atoms with E-state index in [0.29, 0.717) is 17.8 Å². The summed E-state index contributed by atoms with van der Waals surface area (Å²) in [5.74, 6) is 5.94. The van der Waals surface area contributed by atoms with Crippen LogP contribution >= 0.6 is 0 Å². The van der Waals surface area contributed by atoms with Crippen molar-refractivity contribution in [1.82, 2.24) is 4.98 Å². The second-order valence-electron chi connectivity index (χ2n) is 4.67. The van der Waals surface area contributed by atoms with Gasteiger partial charge >= 0.3 is 5.69 Å². The Kier molecular flexibility index (Phi) is 3.33. The van der Waals surface area contributed by atoms with Crippen LogP contribution in [-0.4, -0.2) is 16.5 Å². The Balaban J connectivity index is 2.16. The minimum absolute atomic E-state index is 0.0269. The van der Waals surface area contributed by atoms with E-state index in [-0.39, 0.29) is 11.5 Å². The zero-order valence-electron chi connectivity index (χ0n) is 10.3. The van der Waals surface area contributed by atoms with Gasteiger partial charge in [-0.2, -0.15) is 0 Å². The maximum absolute atomic E-state index is 10.9.